The highest BCUT2D eigenvalue weighted by atomic mass is 15.1. The summed E-state index contributed by atoms with van der Waals surface area (Å²) in [7, 11) is 0. The monoisotopic (exact) mass is 657 g/mol. The lowest BCUT2D eigenvalue weighted by atomic mass is 9.87. The molecule has 0 spiro atoms. The van der Waals surface area contributed by atoms with Crippen molar-refractivity contribution in [3.05, 3.63) is 156 Å². The zero-order valence-corrected chi connectivity index (χ0v) is 29.0. The van der Waals surface area contributed by atoms with E-state index in [0.717, 1.165) is 77.6 Å². The number of nitrogens with zero attached hydrogens (tertiary/aromatic N) is 5. The van der Waals surface area contributed by atoms with E-state index in [1.165, 1.54) is 11.1 Å². The van der Waals surface area contributed by atoms with Crippen molar-refractivity contribution < 1.29 is 0 Å². The summed E-state index contributed by atoms with van der Waals surface area (Å²) in [6.45, 7) is 8.83. The third-order valence-corrected chi connectivity index (χ3v) is 10.1. The largest absolute Gasteiger partial charge is 0.294 e. The molecule has 5 aromatic carbocycles. The molecule has 9 aromatic rings. The summed E-state index contributed by atoms with van der Waals surface area (Å²) < 4.78 is 4.42. The minimum absolute atomic E-state index is 0.0278. The van der Waals surface area contributed by atoms with Gasteiger partial charge in [-0.25, -0.2) is 4.98 Å². The van der Waals surface area contributed by atoms with Gasteiger partial charge in [-0.3, -0.25) is 14.1 Å². The molecule has 244 valence electrons. The molecule has 0 fully saturated rings. The molecule has 0 aliphatic heterocycles. The molecule has 4 aromatic heterocycles. The van der Waals surface area contributed by atoms with Crippen LogP contribution in [0.5, 0.6) is 0 Å². The number of para-hydroxylation sites is 2. The summed E-state index contributed by atoms with van der Waals surface area (Å²) >= 11 is 0. The van der Waals surface area contributed by atoms with Crippen molar-refractivity contribution in [2.45, 2.75) is 33.1 Å². The number of benzene rings is 5. The van der Waals surface area contributed by atoms with Gasteiger partial charge in [0.1, 0.15) is 17.4 Å². The molecule has 0 aliphatic carbocycles. The molecule has 0 aliphatic rings. The van der Waals surface area contributed by atoms with Gasteiger partial charge in [0.15, 0.2) is 0 Å². The number of nitriles is 1. The van der Waals surface area contributed by atoms with Crippen LogP contribution in [0.1, 0.15) is 37.5 Å². The summed E-state index contributed by atoms with van der Waals surface area (Å²) in [6.07, 6.45) is 1.97. The van der Waals surface area contributed by atoms with Crippen molar-refractivity contribution in [2.24, 2.45) is 0 Å². The predicted octanol–water partition coefficient (Wildman–Crippen LogP) is 11.5. The quantitative estimate of drug-likeness (QED) is 0.189. The number of hydrogen-bond acceptors (Lipinski definition) is 3. The van der Waals surface area contributed by atoms with E-state index < -0.39 is 0 Å². The van der Waals surface area contributed by atoms with E-state index in [1.807, 2.05) is 30.5 Å². The summed E-state index contributed by atoms with van der Waals surface area (Å²) in [4.78, 5) is 10.5. The topological polar surface area (TPSA) is 59.4 Å². The number of fused-ring (bicyclic) bond motifs is 6. The van der Waals surface area contributed by atoms with Gasteiger partial charge in [0.2, 0.25) is 0 Å². The Bertz CT molecular complexity index is 2860. The Labute approximate surface area is 296 Å². The van der Waals surface area contributed by atoms with Gasteiger partial charge in [-0.2, -0.15) is 5.26 Å². The first-order valence-corrected chi connectivity index (χ1v) is 17.3. The van der Waals surface area contributed by atoms with Crippen LogP contribution < -0.4 is 0 Å². The summed E-state index contributed by atoms with van der Waals surface area (Å²) in [5.74, 6) is 0. The zero-order chi connectivity index (χ0) is 34.9. The van der Waals surface area contributed by atoms with Gasteiger partial charge in [-0.05, 0) is 71.5 Å². The Hall–Kier alpha value is -6.51. The summed E-state index contributed by atoms with van der Waals surface area (Å²) in [5.41, 5.74) is 12.7. The highest BCUT2D eigenvalue weighted by Crippen LogP contribution is 2.41. The van der Waals surface area contributed by atoms with Crippen molar-refractivity contribution in [3.8, 4) is 39.8 Å². The first kappa shape index (κ1) is 30.5. The molecule has 51 heavy (non-hydrogen) atoms. The second-order valence-corrected chi connectivity index (χ2v) is 14.3. The van der Waals surface area contributed by atoms with E-state index >= 15 is 0 Å². The first-order valence-electron chi connectivity index (χ1n) is 17.3. The number of hydrogen-bond donors (Lipinski definition) is 0. The van der Waals surface area contributed by atoms with Crippen molar-refractivity contribution in [1.82, 2.24) is 19.1 Å². The molecule has 0 amide bonds. The van der Waals surface area contributed by atoms with E-state index in [1.54, 1.807) is 0 Å². The van der Waals surface area contributed by atoms with Gasteiger partial charge in [0, 0.05) is 50.2 Å². The number of aromatic nitrogens is 4. The molecule has 0 unspecified atom stereocenters. The Morgan fingerprint density at radius 1 is 0.608 bits per heavy atom. The fourth-order valence-electron chi connectivity index (χ4n) is 7.57. The van der Waals surface area contributed by atoms with Crippen molar-refractivity contribution in [2.75, 3.05) is 0 Å². The molecule has 4 heterocycles. The Balaban J connectivity index is 1.32. The van der Waals surface area contributed by atoms with Crippen LogP contribution in [0, 0.1) is 18.3 Å². The molecular weight excluding hydrogens is 623 g/mol. The maximum absolute atomic E-state index is 11.0. The lowest BCUT2D eigenvalue weighted by molar-refractivity contribution is 0.590. The molecule has 0 radical (unpaired) electrons. The third kappa shape index (κ3) is 4.83. The minimum atomic E-state index is -0.0278. The first-order chi connectivity index (χ1) is 24.8. The van der Waals surface area contributed by atoms with E-state index in [2.05, 4.69) is 152 Å². The van der Waals surface area contributed by atoms with Crippen LogP contribution in [0.4, 0.5) is 0 Å². The summed E-state index contributed by atoms with van der Waals surface area (Å²) in [5, 5.41) is 14.7. The van der Waals surface area contributed by atoms with Crippen molar-refractivity contribution >= 4 is 43.9 Å². The lowest BCUT2D eigenvalue weighted by Gasteiger charge is -2.20. The predicted molar refractivity (Wildman–Crippen MR) is 210 cm³/mol. The van der Waals surface area contributed by atoms with E-state index in [-0.39, 0.29) is 5.41 Å². The Morgan fingerprint density at radius 3 is 1.78 bits per heavy atom. The van der Waals surface area contributed by atoms with Crippen LogP contribution in [0.3, 0.4) is 0 Å². The minimum Gasteiger partial charge on any atom is -0.294 e. The van der Waals surface area contributed by atoms with Gasteiger partial charge < -0.3 is 0 Å². The van der Waals surface area contributed by atoms with E-state index in [4.69, 9.17) is 9.97 Å². The van der Waals surface area contributed by atoms with Crippen molar-refractivity contribution in [3.63, 3.8) is 0 Å². The third-order valence-electron chi connectivity index (χ3n) is 10.1. The molecule has 0 atom stereocenters. The van der Waals surface area contributed by atoms with E-state index in [9.17, 15) is 5.26 Å². The molecule has 5 nitrogen and oxygen atoms in total. The normalized spacial score (nSPS) is 11.9. The zero-order valence-electron chi connectivity index (χ0n) is 29.0. The van der Waals surface area contributed by atoms with Crippen LogP contribution in [-0.2, 0) is 5.41 Å². The standard InChI is InChI=1S/C46H35N5/c1-29-24-39(48-28-38(29)30-14-6-5-7-15-30)31-16-12-18-33(25-31)50-40-22-10-8-20-35(40)42-37(27-47)43-36-21-9-11-23-41(36)51(45(43)49-44(42)50)34-19-13-17-32(26-34)46(2,3)4/h5-26,28H,1-4H3. The average Bonchev–Trinajstić information content (AvgIpc) is 3.67. The number of aryl methyl sites for hydroxylation is 1. The van der Waals surface area contributed by atoms with Crippen LogP contribution in [0.15, 0.2) is 140 Å². The van der Waals surface area contributed by atoms with Gasteiger partial charge in [-0.15, -0.1) is 0 Å². The van der Waals surface area contributed by atoms with Gasteiger partial charge in [-0.1, -0.05) is 112 Å². The van der Waals surface area contributed by atoms with Gasteiger partial charge >= 0.3 is 0 Å². The Morgan fingerprint density at radius 2 is 1.18 bits per heavy atom. The molecule has 0 N–H and O–H groups in total. The fourth-order valence-corrected chi connectivity index (χ4v) is 7.57. The second kappa shape index (κ2) is 11.5. The Kier molecular flexibility index (Phi) is 6.91. The number of pyridine rings is 2. The smallest absolute Gasteiger partial charge is 0.149 e. The average molecular weight is 658 g/mol. The summed E-state index contributed by atoms with van der Waals surface area (Å²) in [6, 6.07) is 49.0. The highest BCUT2D eigenvalue weighted by molar-refractivity contribution is 6.20. The number of rotatable bonds is 4. The molecule has 9 rings (SSSR count). The maximum atomic E-state index is 11.0. The molecular formula is C46H35N5. The van der Waals surface area contributed by atoms with Gasteiger partial charge in [0.25, 0.3) is 0 Å². The molecule has 5 heteroatoms. The molecule has 0 bridgehead atoms. The second-order valence-electron chi connectivity index (χ2n) is 14.3. The molecule has 0 saturated heterocycles. The van der Waals surface area contributed by atoms with Crippen LogP contribution in [0.25, 0.3) is 77.6 Å². The fraction of sp³-hybridized carbons (Fsp3) is 0.109. The SMILES string of the molecule is Cc1cc(-c2cccc(-n3c4ccccc4c4c(C#N)c5c6ccccc6n(-c6cccc(C(C)(C)C)c6)c5nc43)c2)ncc1-c1ccccc1. The highest BCUT2D eigenvalue weighted by Gasteiger charge is 2.25. The van der Waals surface area contributed by atoms with Crippen LogP contribution in [0.2, 0.25) is 0 Å². The molecule has 0 saturated carbocycles. The van der Waals surface area contributed by atoms with Crippen LogP contribution >= 0.6 is 0 Å². The lowest BCUT2D eigenvalue weighted by Crippen LogP contribution is -2.11. The van der Waals surface area contributed by atoms with E-state index in [0.29, 0.717) is 5.56 Å². The van der Waals surface area contributed by atoms with Crippen LogP contribution in [-0.4, -0.2) is 19.1 Å². The van der Waals surface area contributed by atoms with Crippen molar-refractivity contribution in [1.29, 1.82) is 5.26 Å². The van der Waals surface area contributed by atoms with Gasteiger partial charge in [0.05, 0.1) is 22.3 Å². The maximum Gasteiger partial charge on any atom is 0.149 e.